The van der Waals surface area contributed by atoms with Crippen molar-refractivity contribution in [2.24, 2.45) is 0 Å². The van der Waals surface area contributed by atoms with Crippen LogP contribution in [0.5, 0.6) is 0 Å². The fraction of sp³-hybridized carbons (Fsp3) is 0.930. The van der Waals surface area contributed by atoms with Crippen molar-refractivity contribution >= 4 is 29.6 Å². The highest BCUT2D eigenvalue weighted by Crippen LogP contribution is 2.43. The van der Waals surface area contributed by atoms with Crippen LogP contribution in [0.25, 0.3) is 0 Å². The third kappa shape index (κ3) is 23.3. The molecular weight excluding hydrogens is 1770 g/mol. The minimum Gasteiger partial charge on any atom is -0.477 e. The lowest BCUT2D eigenvalue weighted by molar-refractivity contribution is -0.393. The van der Waals surface area contributed by atoms with Gasteiger partial charge in [0.2, 0.25) is 23.6 Å². The molecule has 51 atom stereocenters. The lowest BCUT2D eigenvalue weighted by atomic mass is 9.88. The van der Waals surface area contributed by atoms with Crippen molar-refractivity contribution in [2.45, 2.75) is 347 Å². The minimum absolute atomic E-state index is 0.851. The number of carboxylic acids is 1. The van der Waals surface area contributed by atoms with E-state index in [0.717, 1.165) is 27.7 Å². The average molecular weight is 1890 g/mol. The largest absolute Gasteiger partial charge is 0.477 e. The number of aliphatic hydroxyl groups excluding tert-OH is 29. The van der Waals surface area contributed by atoms with Gasteiger partial charge in [-0.25, -0.2) is 4.79 Å². The highest BCUT2D eigenvalue weighted by Gasteiger charge is 2.64. The molecule has 0 saturated carbocycles. The van der Waals surface area contributed by atoms with Gasteiger partial charge in [-0.05, 0) is 0 Å². The Morgan fingerprint density at radius 3 is 0.984 bits per heavy atom. The molecule has 0 aromatic carbocycles. The Morgan fingerprint density at radius 2 is 0.612 bits per heavy atom. The lowest BCUT2D eigenvalue weighted by Gasteiger charge is -2.51. The van der Waals surface area contributed by atoms with Crippen LogP contribution in [0.1, 0.15) is 34.1 Å². The second kappa shape index (κ2) is 46.1. The van der Waals surface area contributed by atoms with Crippen molar-refractivity contribution in [2.75, 3.05) is 66.1 Å². The molecule has 10 fully saturated rings. The Labute approximate surface area is 728 Å². The van der Waals surface area contributed by atoms with Gasteiger partial charge in [0.15, 0.2) is 56.6 Å². The van der Waals surface area contributed by atoms with Crippen LogP contribution in [0.4, 0.5) is 0 Å². The zero-order valence-electron chi connectivity index (χ0n) is 68.9. The normalized spacial score (nSPS) is 48.1. The molecule has 58 nitrogen and oxygen atoms in total. The van der Waals surface area contributed by atoms with Gasteiger partial charge >= 0.3 is 5.97 Å². The third-order valence-electron chi connectivity index (χ3n) is 23.4. The van der Waals surface area contributed by atoms with E-state index in [-0.39, 0.29) is 0 Å². The minimum atomic E-state index is -3.33. The van der Waals surface area contributed by atoms with Crippen LogP contribution in [-0.2, 0) is 114 Å². The van der Waals surface area contributed by atoms with Gasteiger partial charge in [-0.3, -0.25) is 19.2 Å². The van der Waals surface area contributed by atoms with E-state index < -0.39 is 414 Å². The van der Waals surface area contributed by atoms with Crippen molar-refractivity contribution in [3.8, 4) is 0 Å². The van der Waals surface area contributed by atoms with Gasteiger partial charge in [-0.2, -0.15) is 0 Å². The summed E-state index contributed by atoms with van der Waals surface area (Å²) in [6, 6.07) is -7.96. The summed E-state index contributed by atoms with van der Waals surface area (Å²) >= 11 is 0. The van der Waals surface area contributed by atoms with Crippen molar-refractivity contribution < 1.29 is 267 Å². The molecule has 4 amide bonds. The number of hydrogen-bond acceptors (Lipinski definition) is 53. The van der Waals surface area contributed by atoms with Gasteiger partial charge in [-0.15, -0.1) is 0 Å². The number of carboxylic acid groups (broad SMARTS) is 1. The van der Waals surface area contributed by atoms with Gasteiger partial charge in [0, 0.05) is 34.1 Å². The Bertz CT molecular complexity index is 3550. The second-order valence-electron chi connectivity index (χ2n) is 32.4. The zero-order valence-corrected chi connectivity index (χ0v) is 68.9. The topological polar surface area (TPSA) is 916 Å². The molecular formula is C71H118N4O54. The number of aliphatic carboxylic acids is 1. The van der Waals surface area contributed by atoms with Gasteiger partial charge in [-0.1, -0.05) is 0 Å². The smallest absolute Gasteiger partial charge is 0.364 e. The van der Waals surface area contributed by atoms with E-state index in [4.69, 9.17) is 90.0 Å². The standard InChI is InChI=1S/C71H118N4O54/c1-16(85)72-31-20(89)5-71(70(109)110,128-56(31)35(91)21(90)6-76)129-60-39(95)25(10-80)116-69(51(60)107)123-54-29(14-84)119-64(34(43(54)99)75-19(4)88)126-59-40(96)30(15-111-62-32(73-17(2)86)41(97)52(27(12-82)117-62)121-66-49(105)58(38(94)24(9-79)114-66)127-65-47(103)44(100)36(92)22(7-77)113-65)120-68(50(59)106)122-53-28(13-83)118-63(33(42(53)98)74-18(3)87)125-57-37(93)23(8-78)115-67(48(57)104)124-55-26(11-81)112-61(108)46(102)45(55)101/h20-69,76-84,89-108H,5-15H2,1-4H3,(H,72,85)(H,73,86)(H,74,87)(H,75,88)(H,109,110)/t20-,21+,22+,23+,24+,25+,26+,27+,28+,29+,30+,31+,32+,33+,34+,35+,36-,37-,38-,39-,40-,41+,42+,43+,44-,45+,46+,47+,48+,49+,50+,51+,52+,53+,54+,55+,56+,57-,58-,59-,60-,61+,62+,63-,64-,65+,66-,67-,68-,69-,71-/m0/s1. The fourth-order valence-corrected chi connectivity index (χ4v) is 16.7. The van der Waals surface area contributed by atoms with Gasteiger partial charge in [0.05, 0.1) is 78.2 Å². The van der Waals surface area contributed by atoms with E-state index in [0.29, 0.717) is 0 Å². The third-order valence-corrected chi connectivity index (χ3v) is 23.4. The van der Waals surface area contributed by atoms with Gasteiger partial charge in [0.25, 0.3) is 5.79 Å². The summed E-state index contributed by atoms with van der Waals surface area (Å²) < 4.78 is 111. The Balaban J connectivity index is 0.952. The number of rotatable bonds is 35. The molecule has 58 heteroatoms. The number of carbonyl (C=O) groups excluding carboxylic acids is 4. The molecule has 0 spiro atoms. The Hall–Kier alpha value is -4.57. The summed E-state index contributed by atoms with van der Waals surface area (Å²) in [5.74, 6) is -9.50. The number of aliphatic hydroxyl groups is 29. The van der Waals surface area contributed by atoms with Crippen LogP contribution in [-0.4, -0.2) is 561 Å². The zero-order chi connectivity index (χ0) is 95.3. The van der Waals surface area contributed by atoms with Crippen LogP contribution in [0, 0.1) is 0 Å². The van der Waals surface area contributed by atoms with Crippen molar-refractivity contribution in [1.82, 2.24) is 21.3 Å². The predicted octanol–water partition coefficient (Wildman–Crippen LogP) is -23.0. The Kier molecular flexibility index (Phi) is 38.0. The monoisotopic (exact) mass is 1890 g/mol. The van der Waals surface area contributed by atoms with Crippen LogP contribution >= 0.6 is 0 Å². The van der Waals surface area contributed by atoms with E-state index in [1.165, 1.54) is 0 Å². The van der Waals surface area contributed by atoms with Gasteiger partial charge < -0.3 is 264 Å². The molecule has 0 aromatic heterocycles. The van der Waals surface area contributed by atoms with E-state index in [9.17, 15) is 177 Å². The van der Waals surface area contributed by atoms with Crippen LogP contribution in [0.3, 0.4) is 0 Å². The lowest BCUT2D eigenvalue weighted by Crippen LogP contribution is -2.71. The molecule has 0 aliphatic carbocycles. The van der Waals surface area contributed by atoms with E-state index >= 15 is 0 Å². The van der Waals surface area contributed by atoms with Crippen molar-refractivity contribution in [1.29, 1.82) is 0 Å². The summed E-state index contributed by atoms with van der Waals surface area (Å²) in [6.07, 6.45) is -101. The first-order chi connectivity index (χ1) is 60.9. The summed E-state index contributed by atoms with van der Waals surface area (Å²) in [5, 5.41) is 342. The first-order valence-electron chi connectivity index (χ1n) is 40.8. The molecule has 0 unspecified atom stereocenters. The molecule has 0 aromatic rings. The van der Waals surface area contributed by atoms with Crippen LogP contribution < -0.4 is 21.3 Å². The summed E-state index contributed by atoms with van der Waals surface area (Å²) in [6.45, 7) is -8.09. The predicted molar refractivity (Wildman–Crippen MR) is 393 cm³/mol. The summed E-state index contributed by atoms with van der Waals surface area (Å²) in [7, 11) is 0. The Morgan fingerprint density at radius 1 is 0.318 bits per heavy atom. The highest BCUT2D eigenvalue weighted by atomic mass is 16.8. The average Bonchev–Trinajstić information content (AvgIpc) is 0.758. The first-order valence-corrected chi connectivity index (χ1v) is 40.8. The molecule has 34 N–H and O–H groups in total. The molecule has 129 heavy (non-hydrogen) atoms. The molecule has 0 radical (unpaired) electrons. The highest BCUT2D eigenvalue weighted by molar-refractivity contribution is 5.77. The molecule has 0 bridgehead atoms. The maximum absolute atomic E-state index is 13.3. The summed E-state index contributed by atoms with van der Waals surface area (Å²) in [4.78, 5) is 65.2. The van der Waals surface area contributed by atoms with Crippen molar-refractivity contribution in [3.63, 3.8) is 0 Å². The quantitative estimate of drug-likeness (QED) is 0.0280. The molecule has 10 aliphatic rings. The fourth-order valence-electron chi connectivity index (χ4n) is 16.7. The van der Waals surface area contributed by atoms with Gasteiger partial charge in [0.1, 0.15) is 238 Å². The van der Waals surface area contributed by atoms with Crippen molar-refractivity contribution in [3.05, 3.63) is 0 Å². The maximum atomic E-state index is 13.3. The number of hydrogen-bond donors (Lipinski definition) is 34. The number of ether oxygens (including phenoxy) is 19. The second-order valence-corrected chi connectivity index (χ2v) is 32.4. The molecule has 746 valence electrons. The van der Waals surface area contributed by atoms with E-state index in [1.54, 1.807) is 0 Å². The molecule has 10 saturated heterocycles. The molecule has 10 heterocycles. The SMILES string of the molecule is CC(=O)N[C@H]1[C@H](OC[C@H]2O[C@@H](O[C@H]3[C@H](O)[C@@H](NC(C)=O)[C@H](O[C@H]4[C@@H](O)[C@@H](CO)O[C@@H](O[C@H]5[C@H](O)[C@@H](O)[C@H](O)O[C@@H]5CO)[C@@H]4O)O[C@@H]3CO)[C@H](O)[C@@H](O[C@@H]3O[C@H](CO)[C@@H](O[C@@H]4O[C@H](CO)[C@H](O)[C@H](O[C@]5(C(=O)O)C[C@H](O)[C@@H](NC(C)=O)[C@H]([C@H](O)[C@H](O)CO)O5)[C@H]4O)[C@H](O)[C@H]3NC(C)=O)[C@H]2O)O[C@H](CO)[C@@H](O[C@@H]2O[C@H](CO)[C@H](O)[C@H](O[C@H]3O[C@H](CO)[C@H](O)[C@H](O)[C@H]3O)[C@H]2O)[C@@H]1O. The first kappa shape index (κ1) is 106. The maximum Gasteiger partial charge on any atom is 0.364 e. The molecule has 10 rings (SSSR count). The van der Waals surface area contributed by atoms with E-state index in [2.05, 4.69) is 21.3 Å². The van der Waals surface area contributed by atoms with Crippen LogP contribution in [0.2, 0.25) is 0 Å². The number of nitrogens with one attached hydrogen (secondary N) is 4. The van der Waals surface area contributed by atoms with Crippen LogP contribution in [0.15, 0.2) is 0 Å². The number of carbonyl (C=O) groups is 5. The van der Waals surface area contributed by atoms with E-state index in [1.807, 2.05) is 0 Å². The molecule has 10 aliphatic heterocycles. The number of amides is 4. The summed E-state index contributed by atoms with van der Waals surface area (Å²) in [5.41, 5.74) is 0.